The summed E-state index contributed by atoms with van der Waals surface area (Å²) in [6.45, 7) is 4.84. The van der Waals surface area contributed by atoms with Crippen molar-refractivity contribution in [2.45, 2.75) is 44.6 Å². The first-order valence-electron chi connectivity index (χ1n) is 9.04. The number of fused-ring (bicyclic) bond motifs is 1. The van der Waals surface area contributed by atoms with E-state index in [0.717, 1.165) is 18.6 Å². The minimum absolute atomic E-state index is 0.0938. The highest BCUT2D eigenvalue weighted by atomic mass is 32.2. The molecule has 0 spiro atoms. The molecular weight excluding hydrogens is 368 g/mol. The number of nitrogens with zero attached hydrogens (tertiary/aromatic N) is 2. The molecule has 0 unspecified atom stereocenters. The normalized spacial score (nSPS) is 15.0. The van der Waals surface area contributed by atoms with Gasteiger partial charge in [-0.1, -0.05) is 13.8 Å². The quantitative estimate of drug-likeness (QED) is 0.718. The van der Waals surface area contributed by atoms with Crippen LogP contribution in [0.5, 0.6) is 11.5 Å². The smallest absolute Gasteiger partial charge is 0.247 e. The molecule has 0 bridgehead atoms. The number of ether oxygens (including phenoxy) is 2. The summed E-state index contributed by atoms with van der Waals surface area (Å²) in [5, 5.41) is 0. The Balaban J connectivity index is 1.86. The number of sulfonamides is 1. The second kappa shape index (κ2) is 7.90. The third-order valence-electron chi connectivity index (χ3n) is 4.66. The Labute approximate surface area is 160 Å². The number of aryl methyl sites for hydroxylation is 1. The lowest BCUT2D eigenvalue weighted by molar-refractivity contribution is 0.349. The molecule has 2 aromatic rings. The van der Waals surface area contributed by atoms with Crippen LogP contribution in [0.15, 0.2) is 27.5 Å². The number of hydrogen-bond donors (Lipinski definition) is 0. The highest BCUT2D eigenvalue weighted by molar-refractivity contribution is 7.89. The lowest BCUT2D eigenvalue weighted by atomic mass is 10.1. The molecule has 0 N–H and O–H groups in total. The van der Waals surface area contributed by atoms with Gasteiger partial charge in [-0.15, -0.1) is 0 Å². The van der Waals surface area contributed by atoms with Gasteiger partial charge in [0.25, 0.3) is 0 Å². The summed E-state index contributed by atoms with van der Waals surface area (Å²) >= 11 is 0. The van der Waals surface area contributed by atoms with Crippen molar-refractivity contribution in [3.05, 3.63) is 35.5 Å². The number of benzene rings is 1. The van der Waals surface area contributed by atoms with Gasteiger partial charge >= 0.3 is 0 Å². The molecule has 0 atom stereocenters. The number of rotatable bonds is 7. The molecule has 0 amide bonds. The Bertz CT molecular complexity index is 905. The topological polar surface area (TPSA) is 81.9 Å². The third-order valence-corrected chi connectivity index (χ3v) is 6.53. The zero-order chi connectivity index (χ0) is 19.6. The van der Waals surface area contributed by atoms with E-state index < -0.39 is 10.0 Å². The van der Waals surface area contributed by atoms with Crippen molar-refractivity contribution in [3.8, 4) is 11.5 Å². The SMILES string of the molecule is COc1ccc(OC)c(S(=O)(=O)N2CCc3oc(CCC(C)C)nc3C2)c1. The summed E-state index contributed by atoms with van der Waals surface area (Å²) in [5.74, 6) is 2.79. The fraction of sp³-hybridized carbons (Fsp3) is 0.526. The summed E-state index contributed by atoms with van der Waals surface area (Å²) in [7, 11) is -0.798. The van der Waals surface area contributed by atoms with Gasteiger partial charge in [-0.3, -0.25) is 0 Å². The van der Waals surface area contributed by atoms with E-state index >= 15 is 0 Å². The van der Waals surface area contributed by atoms with E-state index in [2.05, 4.69) is 18.8 Å². The summed E-state index contributed by atoms with van der Waals surface area (Å²) in [6, 6.07) is 4.76. The maximum Gasteiger partial charge on any atom is 0.247 e. The lowest BCUT2D eigenvalue weighted by Crippen LogP contribution is -2.36. The highest BCUT2D eigenvalue weighted by Gasteiger charge is 2.33. The van der Waals surface area contributed by atoms with Crippen molar-refractivity contribution in [3.63, 3.8) is 0 Å². The van der Waals surface area contributed by atoms with Gasteiger partial charge in [0.1, 0.15) is 22.2 Å². The lowest BCUT2D eigenvalue weighted by Gasteiger charge is -2.25. The fourth-order valence-electron chi connectivity index (χ4n) is 3.08. The van der Waals surface area contributed by atoms with Crippen molar-refractivity contribution in [2.75, 3.05) is 20.8 Å². The number of methoxy groups -OCH3 is 2. The van der Waals surface area contributed by atoms with E-state index in [9.17, 15) is 8.42 Å². The predicted molar refractivity (Wildman–Crippen MR) is 101 cm³/mol. The first kappa shape index (κ1) is 19.7. The van der Waals surface area contributed by atoms with Crippen molar-refractivity contribution in [2.24, 2.45) is 5.92 Å². The van der Waals surface area contributed by atoms with Crippen molar-refractivity contribution >= 4 is 10.0 Å². The Morgan fingerprint density at radius 2 is 2.04 bits per heavy atom. The van der Waals surface area contributed by atoms with Gasteiger partial charge in [0.2, 0.25) is 10.0 Å². The van der Waals surface area contributed by atoms with Crippen LogP contribution in [-0.2, 0) is 29.4 Å². The van der Waals surface area contributed by atoms with Crippen LogP contribution in [0.3, 0.4) is 0 Å². The van der Waals surface area contributed by atoms with E-state index in [1.54, 1.807) is 12.1 Å². The first-order chi connectivity index (χ1) is 12.8. The highest BCUT2D eigenvalue weighted by Crippen LogP contribution is 2.33. The summed E-state index contributed by atoms with van der Waals surface area (Å²) in [5.41, 5.74) is 0.699. The molecule has 1 aromatic heterocycles. The average Bonchev–Trinajstić information content (AvgIpc) is 3.08. The monoisotopic (exact) mass is 394 g/mol. The minimum Gasteiger partial charge on any atom is -0.497 e. The molecule has 0 saturated heterocycles. The molecule has 1 aliphatic heterocycles. The van der Waals surface area contributed by atoms with Crippen molar-refractivity contribution in [1.82, 2.24) is 9.29 Å². The van der Waals surface area contributed by atoms with Gasteiger partial charge in [0.15, 0.2) is 5.89 Å². The van der Waals surface area contributed by atoms with E-state index in [4.69, 9.17) is 13.9 Å². The predicted octanol–water partition coefficient (Wildman–Crippen LogP) is 3.03. The number of hydrogen-bond acceptors (Lipinski definition) is 6. The molecule has 0 aliphatic carbocycles. The summed E-state index contributed by atoms with van der Waals surface area (Å²) in [6.07, 6.45) is 2.26. The largest absolute Gasteiger partial charge is 0.497 e. The van der Waals surface area contributed by atoms with Crippen molar-refractivity contribution < 1.29 is 22.3 Å². The Hall–Kier alpha value is -2.06. The maximum atomic E-state index is 13.2. The summed E-state index contributed by atoms with van der Waals surface area (Å²) < 4.78 is 44.1. The minimum atomic E-state index is -3.75. The van der Waals surface area contributed by atoms with Gasteiger partial charge in [0.05, 0.1) is 26.5 Å². The molecule has 1 aliphatic rings. The second-order valence-electron chi connectivity index (χ2n) is 7.02. The van der Waals surface area contributed by atoms with Crippen LogP contribution in [-0.4, -0.2) is 38.5 Å². The van der Waals surface area contributed by atoms with Crippen LogP contribution in [0, 0.1) is 5.92 Å². The average molecular weight is 394 g/mol. The first-order valence-corrected chi connectivity index (χ1v) is 10.5. The van der Waals surface area contributed by atoms with Crippen LogP contribution < -0.4 is 9.47 Å². The molecule has 148 valence electrons. The Kier molecular flexibility index (Phi) is 5.76. The van der Waals surface area contributed by atoms with Gasteiger partial charge in [-0.05, 0) is 24.5 Å². The van der Waals surface area contributed by atoms with E-state index in [0.29, 0.717) is 42.0 Å². The van der Waals surface area contributed by atoms with Crippen LogP contribution in [0.1, 0.15) is 37.6 Å². The standard InChI is InChI=1S/C19H26N2O5S/c1-13(2)5-8-19-20-15-12-21(10-9-16(15)26-19)27(22,23)18-11-14(24-3)6-7-17(18)25-4/h6-7,11,13H,5,8-10,12H2,1-4H3. The molecule has 0 radical (unpaired) electrons. The molecular formula is C19H26N2O5S. The molecule has 0 saturated carbocycles. The van der Waals surface area contributed by atoms with Crippen LogP contribution in [0.25, 0.3) is 0 Å². The fourth-order valence-corrected chi connectivity index (χ4v) is 4.65. The van der Waals surface area contributed by atoms with Crippen LogP contribution in [0.4, 0.5) is 0 Å². The van der Waals surface area contributed by atoms with E-state index in [1.807, 2.05) is 0 Å². The van der Waals surface area contributed by atoms with Gasteiger partial charge in [0, 0.05) is 25.5 Å². The van der Waals surface area contributed by atoms with Gasteiger partial charge in [-0.25, -0.2) is 13.4 Å². The van der Waals surface area contributed by atoms with Gasteiger partial charge < -0.3 is 13.9 Å². The Morgan fingerprint density at radius 1 is 1.26 bits per heavy atom. The maximum absolute atomic E-state index is 13.2. The summed E-state index contributed by atoms with van der Waals surface area (Å²) in [4.78, 5) is 4.62. The van der Waals surface area contributed by atoms with Crippen LogP contribution in [0.2, 0.25) is 0 Å². The molecule has 2 heterocycles. The van der Waals surface area contributed by atoms with E-state index in [1.165, 1.54) is 24.6 Å². The number of oxazole rings is 1. The Morgan fingerprint density at radius 3 is 2.70 bits per heavy atom. The third kappa shape index (κ3) is 4.11. The van der Waals surface area contributed by atoms with Crippen LogP contribution >= 0.6 is 0 Å². The van der Waals surface area contributed by atoms with Gasteiger partial charge in [-0.2, -0.15) is 4.31 Å². The zero-order valence-electron chi connectivity index (χ0n) is 16.2. The zero-order valence-corrected chi connectivity index (χ0v) is 17.0. The van der Waals surface area contributed by atoms with E-state index in [-0.39, 0.29) is 11.4 Å². The van der Waals surface area contributed by atoms with Crippen molar-refractivity contribution in [1.29, 1.82) is 0 Å². The second-order valence-corrected chi connectivity index (χ2v) is 8.92. The molecule has 1 aromatic carbocycles. The molecule has 7 nitrogen and oxygen atoms in total. The molecule has 0 fully saturated rings. The molecule has 27 heavy (non-hydrogen) atoms. The molecule has 3 rings (SSSR count). The number of aromatic nitrogens is 1. The molecule has 8 heteroatoms.